The van der Waals surface area contributed by atoms with Gasteiger partial charge in [-0.1, -0.05) is 48.0 Å². The minimum atomic E-state index is -0.755. The fraction of sp³-hybridized carbons (Fsp3) is 0.0435. The van der Waals surface area contributed by atoms with Gasteiger partial charge >= 0.3 is 0 Å². The molecule has 1 amide bonds. The summed E-state index contributed by atoms with van der Waals surface area (Å²) in [6, 6.07) is 18.8. The summed E-state index contributed by atoms with van der Waals surface area (Å²) >= 11 is 6.07. The normalized spacial score (nSPS) is 11.0. The van der Waals surface area contributed by atoms with Gasteiger partial charge in [-0.05, 0) is 53.1 Å². The van der Waals surface area contributed by atoms with Crippen molar-refractivity contribution in [2.75, 3.05) is 5.32 Å². The number of hydrogen-bond acceptors (Lipinski definition) is 2. The number of hydrogen-bond donors (Lipinski definition) is 1. The van der Waals surface area contributed by atoms with Crippen molar-refractivity contribution in [1.82, 2.24) is 0 Å². The van der Waals surface area contributed by atoms with Gasteiger partial charge in [-0.3, -0.25) is 4.79 Å². The molecule has 29 heavy (non-hydrogen) atoms. The van der Waals surface area contributed by atoms with Crippen LogP contribution in [0.4, 0.5) is 14.5 Å². The fourth-order valence-corrected chi connectivity index (χ4v) is 2.94. The molecule has 0 fully saturated rings. The number of nitriles is 1. The SMILES string of the molecule is N#C/C(=C\c1cc(Cl)ccc1Cc1ccccc1F)C(=O)Nc1ccccc1F. The van der Waals surface area contributed by atoms with Crippen LogP contribution in [0.15, 0.2) is 72.3 Å². The summed E-state index contributed by atoms with van der Waals surface area (Å²) in [5, 5.41) is 12.2. The van der Waals surface area contributed by atoms with Crippen LogP contribution in [0.2, 0.25) is 5.02 Å². The third kappa shape index (κ3) is 5.07. The Morgan fingerprint density at radius 3 is 2.38 bits per heavy atom. The molecule has 0 saturated heterocycles. The Morgan fingerprint density at radius 2 is 1.69 bits per heavy atom. The molecule has 0 bridgehead atoms. The molecule has 0 atom stereocenters. The molecule has 0 unspecified atom stereocenters. The minimum absolute atomic E-state index is 0.0312. The highest BCUT2D eigenvalue weighted by Gasteiger charge is 2.14. The molecule has 1 N–H and O–H groups in total. The van der Waals surface area contributed by atoms with Crippen LogP contribution in [-0.2, 0) is 11.2 Å². The summed E-state index contributed by atoms with van der Waals surface area (Å²) < 4.78 is 27.8. The number of nitrogens with one attached hydrogen (secondary N) is 1. The number of carbonyl (C=O) groups excluding carboxylic acids is 1. The van der Waals surface area contributed by atoms with Crippen molar-refractivity contribution in [2.24, 2.45) is 0 Å². The van der Waals surface area contributed by atoms with E-state index in [1.165, 1.54) is 30.3 Å². The first-order valence-corrected chi connectivity index (χ1v) is 9.05. The second kappa shape index (κ2) is 9.13. The fourth-order valence-electron chi connectivity index (χ4n) is 2.76. The van der Waals surface area contributed by atoms with Crippen molar-refractivity contribution in [3.63, 3.8) is 0 Å². The van der Waals surface area contributed by atoms with Gasteiger partial charge in [-0.2, -0.15) is 5.26 Å². The Labute approximate surface area is 171 Å². The number of nitrogens with zero attached hydrogens (tertiary/aromatic N) is 1. The van der Waals surface area contributed by atoms with Gasteiger partial charge < -0.3 is 5.32 Å². The first kappa shape index (κ1) is 20.2. The highest BCUT2D eigenvalue weighted by Crippen LogP contribution is 2.23. The molecule has 3 nitrogen and oxygen atoms in total. The van der Waals surface area contributed by atoms with Gasteiger partial charge in [-0.15, -0.1) is 0 Å². The molecule has 3 aromatic rings. The number of benzene rings is 3. The van der Waals surface area contributed by atoms with Crippen LogP contribution >= 0.6 is 11.6 Å². The zero-order valence-electron chi connectivity index (χ0n) is 15.1. The van der Waals surface area contributed by atoms with E-state index in [1.807, 2.05) is 6.07 Å². The summed E-state index contributed by atoms with van der Waals surface area (Å²) in [5.41, 5.74) is 1.40. The molecule has 0 aliphatic heterocycles. The van der Waals surface area contributed by atoms with Crippen LogP contribution in [-0.4, -0.2) is 5.91 Å². The number of para-hydroxylation sites is 1. The van der Waals surface area contributed by atoms with Crippen molar-refractivity contribution in [3.8, 4) is 6.07 Å². The molecule has 0 aromatic heterocycles. The standard InChI is InChI=1S/C23H15ClF2N2O/c24-19-10-9-15(11-16-5-1-2-6-20(16)25)17(13-19)12-18(14-27)23(29)28-22-8-4-3-7-21(22)26/h1-10,12-13H,11H2,(H,28,29)/b18-12+. The third-order valence-corrected chi connectivity index (χ3v) is 4.47. The van der Waals surface area contributed by atoms with Crippen molar-refractivity contribution < 1.29 is 13.6 Å². The van der Waals surface area contributed by atoms with Gasteiger partial charge in [0, 0.05) is 11.4 Å². The predicted molar refractivity (Wildman–Crippen MR) is 109 cm³/mol. The summed E-state index contributed by atoms with van der Waals surface area (Å²) in [5.74, 6) is -1.72. The monoisotopic (exact) mass is 408 g/mol. The maximum atomic E-state index is 14.0. The van der Waals surface area contributed by atoms with E-state index >= 15 is 0 Å². The van der Waals surface area contributed by atoms with E-state index in [4.69, 9.17) is 11.6 Å². The van der Waals surface area contributed by atoms with Crippen molar-refractivity contribution in [3.05, 3.63) is 106 Å². The molecule has 0 aliphatic rings. The molecule has 0 radical (unpaired) electrons. The number of carbonyl (C=O) groups is 1. The van der Waals surface area contributed by atoms with Crippen molar-refractivity contribution >= 4 is 29.3 Å². The molecule has 0 spiro atoms. The van der Waals surface area contributed by atoms with Crippen LogP contribution in [0.3, 0.4) is 0 Å². The average molecular weight is 409 g/mol. The Bertz CT molecular complexity index is 1140. The lowest BCUT2D eigenvalue weighted by molar-refractivity contribution is -0.112. The number of halogens is 3. The van der Waals surface area contributed by atoms with E-state index in [1.54, 1.807) is 42.5 Å². The van der Waals surface area contributed by atoms with Gasteiger partial charge in [0.1, 0.15) is 23.3 Å². The molecule has 0 aliphatic carbocycles. The summed E-state index contributed by atoms with van der Waals surface area (Å²) in [7, 11) is 0. The predicted octanol–water partition coefficient (Wildman–Crippen LogP) is 5.75. The highest BCUT2D eigenvalue weighted by atomic mass is 35.5. The van der Waals surface area contributed by atoms with Crippen LogP contribution in [0, 0.1) is 23.0 Å². The van der Waals surface area contributed by atoms with E-state index in [9.17, 15) is 18.8 Å². The first-order chi connectivity index (χ1) is 14.0. The quantitative estimate of drug-likeness (QED) is 0.431. The lowest BCUT2D eigenvalue weighted by atomic mass is 9.98. The van der Waals surface area contributed by atoms with Gasteiger partial charge in [0.15, 0.2) is 0 Å². The second-order valence-electron chi connectivity index (χ2n) is 6.22. The molecular formula is C23H15ClF2N2O. The minimum Gasteiger partial charge on any atom is -0.319 e. The third-order valence-electron chi connectivity index (χ3n) is 4.23. The molecule has 144 valence electrons. The van der Waals surface area contributed by atoms with Crippen LogP contribution in [0.1, 0.15) is 16.7 Å². The second-order valence-corrected chi connectivity index (χ2v) is 6.65. The van der Waals surface area contributed by atoms with Crippen LogP contribution < -0.4 is 5.32 Å². The van der Waals surface area contributed by atoms with Gasteiger partial charge in [0.05, 0.1) is 5.69 Å². The van der Waals surface area contributed by atoms with Crippen molar-refractivity contribution in [1.29, 1.82) is 5.26 Å². The van der Waals surface area contributed by atoms with Crippen LogP contribution in [0.25, 0.3) is 6.08 Å². The van der Waals surface area contributed by atoms with Gasteiger partial charge in [-0.25, -0.2) is 8.78 Å². The smallest absolute Gasteiger partial charge is 0.266 e. The largest absolute Gasteiger partial charge is 0.319 e. The molecular weight excluding hydrogens is 394 g/mol. The summed E-state index contributed by atoms with van der Waals surface area (Å²) in [6.45, 7) is 0. The topological polar surface area (TPSA) is 52.9 Å². The van der Waals surface area contributed by atoms with E-state index in [0.29, 0.717) is 21.7 Å². The van der Waals surface area contributed by atoms with E-state index < -0.39 is 11.7 Å². The summed E-state index contributed by atoms with van der Waals surface area (Å²) in [6.07, 6.45) is 1.61. The van der Waals surface area contributed by atoms with E-state index in [2.05, 4.69) is 5.32 Å². The molecule has 3 aromatic carbocycles. The molecule has 3 rings (SSSR count). The zero-order valence-corrected chi connectivity index (χ0v) is 15.9. The van der Waals surface area contributed by atoms with Gasteiger partial charge in [0.2, 0.25) is 0 Å². The van der Waals surface area contributed by atoms with Crippen LogP contribution in [0.5, 0.6) is 0 Å². The zero-order chi connectivity index (χ0) is 20.8. The first-order valence-electron chi connectivity index (χ1n) is 8.67. The number of anilines is 1. The molecule has 0 saturated carbocycles. The Hall–Kier alpha value is -3.49. The maximum absolute atomic E-state index is 14.0. The Kier molecular flexibility index (Phi) is 6.38. The van der Waals surface area contributed by atoms with E-state index in [-0.39, 0.29) is 23.5 Å². The average Bonchev–Trinajstić information content (AvgIpc) is 2.71. The van der Waals surface area contributed by atoms with E-state index in [0.717, 1.165) is 0 Å². The Balaban J connectivity index is 1.94. The summed E-state index contributed by atoms with van der Waals surface area (Å²) in [4.78, 5) is 12.4. The molecule has 6 heteroatoms. The number of rotatable bonds is 5. The maximum Gasteiger partial charge on any atom is 0.266 e. The highest BCUT2D eigenvalue weighted by molar-refractivity contribution is 6.30. The Morgan fingerprint density at radius 1 is 1.00 bits per heavy atom. The number of amides is 1. The van der Waals surface area contributed by atoms with Gasteiger partial charge in [0.25, 0.3) is 5.91 Å². The van der Waals surface area contributed by atoms with Crippen molar-refractivity contribution in [2.45, 2.75) is 6.42 Å². The lowest BCUT2D eigenvalue weighted by Gasteiger charge is -2.09. The molecule has 0 heterocycles. The lowest BCUT2D eigenvalue weighted by Crippen LogP contribution is -2.14.